The van der Waals surface area contributed by atoms with Crippen LogP contribution in [0.25, 0.3) is 0 Å². The molecule has 0 radical (unpaired) electrons. The van der Waals surface area contributed by atoms with E-state index < -0.39 is 24.0 Å². The summed E-state index contributed by atoms with van der Waals surface area (Å²) in [7, 11) is 0. The van der Waals surface area contributed by atoms with Gasteiger partial charge in [0.15, 0.2) is 5.92 Å². The number of hydrogen-bond acceptors (Lipinski definition) is 8. The maximum absolute atomic E-state index is 12.0. The Balaban J connectivity index is 2.63. The van der Waals surface area contributed by atoms with Crippen LogP contribution in [0.4, 0.5) is 0 Å². The first-order valence-corrected chi connectivity index (χ1v) is 8.37. The van der Waals surface area contributed by atoms with Gasteiger partial charge in [-0.25, -0.2) is 0 Å². The van der Waals surface area contributed by atoms with E-state index in [1.165, 1.54) is 0 Å². The molecule has 0 N–H and O–H groups in total. The maximum atomic E-state index is 12.0. The number of hydrogen-bond donors (Lipinski definition) is 0. The Kier molecular flexibility index (Phi) is 11.4. The van der Waals surface area contributed by atoms with Gasteiger partial charge in [-0.1, -0.05) is 0 Å². The molecule has 0 bridgehead atoms. The highest BCUT2D eigenvalue weighted by Crippen LogP contribution is 2.15. The van der Waals surface area contributed by atoms with E-state index >= 15 is 0 Å². The van der Waals surface area contributed by atoms with Gasteiger partial charge in [0, 0.05) is 0 Å². The second kappa shape index (κ2) is 13.1. The number of rotatable bonds is 6. The van der Waals surface area contributed by atoms with Crippen molar-refractivity contribution in [2.24, 2.45) is 5.92 Å². The minimum absolute atomic E-state index is 0.137. The van der Waals surface area contributed by atoms with Crippen molar-refractivity contribution < 1.29 is 38.0 Å². The third-order valence-electron chi connectivity index (χ3n) is 3.27. The van der Waals surface area contributed by atoms with Crippen LogP contribution >= 0.6 is 0 Å². The first-order chi connectivity index (χ1) is 11.7. The summed E-state index contributed by atoms with van der Waals surface area (Å²) in [4.78, 5) is 24.1. The first-order valence-electron chi connectivity index (χ1n) is 8.37. The summed E-state index contributed by atoms with van der Waals surface area (Å²) < 4.78 is 31.8. The third kappa shape index (κ3) is 8.58. The molecule has 1 fully saturated rings. The number of ether oxygens (including phenoxy) is 6. The highest BCUT2D eigenvalue weighted by Gasteiger charge is 2.32. The molecule has 1 rings (SSSR count). The summed E-state index contributed by atoms with van der Waals surface area (Å²) in [6.45, 7) is 6.62. The van der Waals surface area contributed by atoms with Crippen LogP contribution in [0.2, 0.25) is 0 Å². The summed E-state index contributed by atoms with van der Waals surface area (Å²) in [5.74, 6) is -2.24. The lowest BCUT2D eigenvalue weighted by Crippen LogP contribution is -2.35. The lowest BCUT2D eigenvalue weighted by atomic mass is 10.0. The summed E-state index contributed by atoms with van der Waals surface area (Å²) in [5, 5.41) is 0. The summed E-state index contributed by atoms with van der Waals surface area (Å²) >= 11 is 0. The second-order valence-electron chi connectivity index (χ2n) is 5.08. The zero-order chi connectivity index (χ0) is 17.6. The smallest absolute Gasteiger partial charge is 0.320 e. The van der Waals surface area contributed by atoms with Crippen LogP contribution in [0, 0.1) is 5.92 Å². The van der Waals surface area contributed by atoms with Gasteiger partial charge in [0.2, 0.25) is 0 Å². The Morgan fingerprint density at radius 3 is 1.92 bits per heavy atom. The Morgan fingerprint density at radius 2 is 1.38 bits per heavy atom. The molecule has 1 atom stereocenters. The van der Waals surface area contributed by atoms with Crippen molar-refractivity contribution in [1.82, 2.24) is 0 Å². The third-order valence-corrected chi connectivity index (χ3v) is 3.27. The lowest BCUT2D eigenvalue weighted by Gasteiger charge is -2.22. The fourth-order valence-electron chi connectivity index (χ4n) is 2.15. The summed E-state index contributed by atoms with van der Waals surface area (Å²) in [6.07, 6.45) is -0.301. The molecular formula is C16H28O8. The van der Waals surface area contributed by atoms with Gasteiger partial charge in [-0.15, -0.1) is 0 Å². The van der Waals surface area contributed by atoms with Crippen LogP contribution in [0.1, 0.15) is 20.3 Å². The van der Waals surface area contributed by atoms with Crippen molar-refractivity contribution in [2.75, 3.05) is 59.5 Å². The van der Waals surface area contributed by atoms with Crippen LogP contribution in [0.15, 0.2) is 0 Å². The Hall–Kier alpha value is -1.22. The van der Waals surface area contributed by atoms with Crippen molar-refractivity contribution in [1.29, 1.82) is 0 Å². The summed E-state index contributed by atoms with van der Waals surface area (Å²) in [5.41, 5.74) is 0. The quantitative estimate of drug-likeness (QED) is 0.508. The van der Waals surface area contributed by atoms with E-state index in [-0.39, 0.29) is 26.2 Å². The normalized spacial score (nSPS) is 20.7. The van der Waals surface area contributed by atoms with E-state index in [2.05, 4.69) is 0 Å². The highest BCUT2D eigenvalue weighted by atomic mass is 16.6. The molecule has 1 heterocycles. The zero-order valence-corrected chi connectivity index (χ0v) is 14.5. The van der Waals surface area contributed by atoms with Crippen LogP contribution in [-0.2, 0) is 38.0 Å². The first kappa shape index (κ1) is 20.8. The number of carbonyl (C=O) groups is 2. The molecule has 1 unspecified atom stereocenters. The second-order valence-corrected chi connectivity index (χ2v) is 5.08. The molecule has 1 aliphatic rings. The Morgan fingerprint density at radius 1 is 0.875 bits per heavy atom. The predicted molar refractivity (Wildman–Crippen MR) is 83.6 cm³/mol. The Bertz CT molecular complexity index is 330. The van der Waals surface area contributed by atoms with Gasteiger partial charge in [-0.3, -0.25) is 9.59 Å². The van der Waals surface area contributed by atoms with Crippen molar-refractivity contribution in [3.8, 4) is 0 Å². The van der Waals surface area contributed by atoms with Crippen LogP contribution in [0.3, 0.4) is 0 Å². The molecule has 8 heteroatoms. The molecule has 0 amide bonds. The van der Waals surface area contributed by atoms with Gasteiger partial charge in [-0.05, 0) is 20.3 Å². The van der Waals surface area contributed by atoms with Gasteiger partial charge < -0.3 is 28.4 Å². The molecule has 0 aliphatic carbocycles. The van der Waals surface area contributed by atoms with Crippen molar-refractivity contribution >= 4 is 11.9 Å². The molecule has 0 aromatic heterocycles. The predicted octanol–water partition coefficient (Wildman–Crippen LogP) is 0.568. The van der Waals surface area contributed by atoms with Gasteiger partial charge in [0.05, 0.1) is 65.6 Å². The Labute approximate surface area is 142 Å². The standard InChI is InChI=1S/C16H28O8/c1-3-22-15(17)14(16(18)23-4-2)11-13-12-21-8-7-19-5-6-20-9-10-24-13/h13-14H,3-12H2,1-2H3. The van der Waals surface area contributed by atoms with E-state index in [9.17, 15) is 9.59 Å². The van der Waals surface area contributed by atoms with Gasteiger partial charge >= 0.3 is 11.9 Å². The fourth-order valence-corrected chi connectivity index (χ4v) is 2.15. The molecule has 1 saturated heterocycles. The zero-order valence-electron chi connectivity index (χ0n) is 14.5. The van der Waals surface area contributed by atoms with E-state index in [1.54, 1.807) is 13.8 Å². The average molecular weight is 348 g/mol. The van der Waals surface area contributed by atoms with E-state index in [0.29, 0.717) is 39.6 Å². The lowest BCUT2D eigenvalue weighted by molar-refractivity contribution is -0.164. The van der Waals surface area contributed by atoms with Crippen LogP contribution in [-0.4, -0.2) is 77.5 Å². The number of carbonyl (C=O) groups excluding carboxylic acids is 2. The molecular weight excluding hydrogens is 320 g/mol. The van der Waals surface area contributed by atoms with Gasteiger partial charge in [0.25, 0.3) is 0 Å². The number of esters is 2. The van der Waals surface area contributed by atoms with E-state index in [1.807, 2.05) is 0 Å². The summed E-state index contributed by atoms with van der Waals surface area (Å²) in [6, 6.07) is 0. The average Bonchev–Trinajstić information content (AvgIpc) is 2.54. The molecule has 8 nitrogen and oxygen atoms in total. The molecule has 0 aromatic rings. The molecule has 0 spiro atoms. The molecule has 140 valence electrons. The SMILES string of the molecule is CCOC(=O)C(CC1COCCOCCOCCO1)C(=O)OCC. The van der Waals surface area contributed by atoms with Crippen LogP contribution in [0.5, 0.6) is 0 Å². The minimum Gasteiger partial charge on any atom is -0.465 e. The highest BCUT2D eigenvalue weighted by molar-refractivity contribution is 5.94. The molecule has 1 aliphatic heterocycles. The van der Waals surface area contributed by atoms with Gasteiger partial charge in [-0.2, -0.15) is 0 Å². The van der Waals surface area contributed by atoms with E-state index in [4.69, 9.17) is 28.4 Å². The van der Waals surface area contributed by atoms with Crippen molar-refractivity contribution in [3.63, 3.8) is 0 Å². The fraction of sp³-hybridized carbons (Fsp3) is 0.875. The molecule has 0 aromatic carbocycles. The largest absolute Gasteiger partial charge is 0.465 e. The van der Waals surface area contributed by atoms with Crippen LogP contribution < -0.4 is 0 Å². The molecule has 0 saturated carbocycles. The van der Waals surface area contributed by atoms with Gasteiger partial charge in [0.1, 0.15) is 0 Å². The van der Waals surface area contributed by atoms with E-state index in [0.717, 1.165) is 0 Å². The maximum Gasteiger partial charge on any atom is 0.320 e. The van der Waals surface area contributed by atoms with Crippen molar-refractivity contribution in [3.05, 3.63) is 0 Å². The monoisotopic (exact) mass is 348 g/mol. The van der Waals surface area contributed by atoms with Crippen molar-refractivity contribution in [2.45, 2.75) is 26.4 Å². The minimum atomic E-state index is -1.02. The molecule has 24 heavy (non-hydrogen) atoms. The topological polar surface area (TPSA) is 89.5 Å².